The van der Waals surface area contributed by atoms with Gasteiger partial charge in [0.05, 0.1) is 11.6 Å². The molecule has 0 heterocycles. The first-order valence-electron chi connectivity index (χ1n) is 6.60. The maximum atomic E-state index is 14.0. The van der Waals surface area contributed by atoms with Gasteiger partial charge in [0.2, 0.25) is 0 Å². The molecule has 0 spiro atoms. The normalized spacial score (nSPS) is 13.8. The molecule has 0 aromatic heterocycles. The van der Waals surface area contributed by atoms with Crippen molar-refractivity contribution in [3.8, 4) is 0 Å². The standard InChI is InChI=1S/C15H18ClFO4/c1-4-21-14(20)15(9(2)3,13(18)19)8-10-6-5-7-11(16)12(10)17/h5-7,9H,4,8H2,1-3H3,(H,18,19). The van der Waals surface area contributed by atoms with Crippen LogP contribution in [0.5, 0.6) is 0 Å². The fourth-order valence-electron chi connectivity index (χ4n) is 2.17. The zero-order chi connectivity index (χ0) is 16.2. The Hall–Kier alpha value is -1.62. The second-order valence-electron chi connectivity index (χ2n) is 5.04. The zero-order valence-corrected chi connectivity index (χ0v) is 12.9. The van der Waals surface area contributed by atoms with Crippen molar-refractivity contribution in [1.29, 1.82) is 0 Å². The second kappa shape index (κ2) is 6.89. The molecule has 0 aliphatic carbocycles. The van der Waals surface area contributed by atoms with Crippen molar-refractivity contribution in [2.45, 2.75) is 27.2 Å². The molecule has 116 valence electrons. The molecule has 1 rings (SSSR count). The molecule has 0 fully saturated rings. The van der Waals surface area contributed by atoms with Crippen molar-refractivity contribution < 1.29 is 23.8 Å². The van der Waals surface area contributed by atoms with Gasteiger partial charge in [-0.3, -0.25) is 9.59 Å². The van der Waals surface area contributed by atoms with Crippen molar-refractivity contribution in [2.24, 2.45) is 11.3 Å². The van der Waals surface area contributed by atoms with Gasteiger partial charge in [0.15, 0.2) is 5.41 Å². The summed E-state index contributed by atoms with van der Waals surface area (Å²) in [4.78, 5) is 23.9. The summed E-state index contributed by atoms with van der Waals surface area (Å²) in [5.41, 5.74) is -1.77. The van der Waals surface area contributed by atoms with Gasteiger partial charge in [-0.2, -0.15) is 0 Å². The number of esters is 1. The van der Waals surface area contributed by atoms with E-state index in [4.69, 9.17) is 16.3 Å². The first-order valence-corrected chi connectivity index (χ1v) is 6.98. The smallest absolute Gasteiger partial charge is 0.324 e. The average molecular weight is 317 g/mol. The minimum Gasteiger partial charge on any atom is -0.480 e. The first-order chi connectivity index (χ1) is 9.77. The third kappa shape index (κ3) is 3.35. The Labute approximate surface area is 127 Å². The number of hydrogen-bond acceptors (Lipinski definition) is 3. The molecule has 1 atom stereocenters. The SMILES string of the molecule is CCOC(=O)C(Cc1cccc(Cl)c1F)(C(=O)O)C(C)C. The lowest BCUT2D eigenvalue weighted by Crippen LogP contribution is -2.47. The predicted molar refractivity (Wildman–Crippen MR) is 76.7 cm³/mol. The number of carboxylic acid groups (broad SMARTS) is 1. The fraction of sp³-hybridized carbons (Fsp3) is 0.467. The van der Waals surface area contributed by atoms with E-state index >= 15 is 0 Å². The first kappa shape index (κ1) is 17.4. The molecule has 0 amide bonds. The van der Waals surface area contributed by atoms with Crippen molar-refractivity contribution in [3.05, 3.63) is 34.6 Å². The van der Waals surface area contributed by atoms with Crippen LogP contribution in [0.2, 0.25) is 5.02 Å². The Kier molecular flexibility index (Phi) is 5.72. The quantitative estimate of drug-likeness (QED) is 0.646. The molecule has 0 aliphatic heterocycles. The van der Waals surface area contributed by atoms with Gasteiger partial charge in [-0.25, -0.2) is 4.39 Å². The number of carboxylic acids is 1. The van der Waals surface area contributed by atoms with Gasteiger partial charge in [-0.15, -0.1) is 0 Å². The van der Waals surface area contributed by atoms with Gasteiger partial charge in [-0.05, 0) is 24.5 Å². The maximum Gasteiger partial charge on any atom is 0.324 e. The Balaban J connectivity index is 3.34. The van der Waals surface area contributed by atoms with Gasteiger partial charge in [-0.1, -0.05) is 37.6 Å². The summed E-state index contributed by atoms with van der Waals surface area (Å²) >= 11 is 5.70. The molecule has 0 radical (unpaired) electrons. The Morgan fingerprint density at radius 1 is 1.43 bits per heavy atom. The highest BCUT2D eigenvalue weighted by molar-refractivity contribution is 6.30. The third-order valence-corrected chi connectivity index (χ3v) is 3.80. The molecule has 0 bridgehead atoms. The average Bonchev–Trinajstić information content (AvgIpc) is 2.39. The molecule has 1 unspecified atom stereocenters. The van der Waals surface area contributed by atoms with Crippen LogP contribution in [0.4, 0.5) is 4.39 Å². The van der Waals surface area contributed by atoms with E-state index < -0.39 is 29.1 Å². The zero-order valence-electron chi connectivity index (χ0n) is 12.2. The van der Waals surface area contributed by atoms with Crippen LogP contribution in [-0.4, -0.2) is 23.7 Å². The number of benzene rings is 1. The summed E-state index contributed by atoms with van der Waals surface area (Å²) in [5, 5.41) is 9.44. The summed E-state index contributed by atoms with van der Waals surface area (Å²) in [6.45, 7) is 4.82. The van der Waals surface area contributed by atoms with Gasteiger partial charge in [0, 0.05) is 6.42 Å². The van der Waals surface area contributed by atoms with Crippen LogP contribution in [0.1, 0.15) is 26.3 Å². The summed E-state index contributed by atoms with van der Waals surface area (Å²) in [5.74, 6) is -3.50. The van der Waals surface area contributed by atoms with Gasteiger partial charge < -0.3 is 9.84 Å². The minimum absolute atomic E-state index is 0.0542. The van der Waals surface area contributed by atoms with Crippen LogP contribution in [0.15, 0.2) is 18.2 Å². The van der Waals surface area contributed by atoms with E-state index in [2.05, 4.69) is 0 Å². The molecule has 1 aromatic rings. The predicted octanol–water partition coefficient (Wildman–Crippen LogP) is 3.31. The number of rotatable bonds is 6. The van der Waals surface area contributed by atoms with Crippen LogP contribution < -0.4 is 0 Å². The van der Waals surface area contributed by atoms with E-state index in [0.717, 1.165) is 0 Å². The molecule has 1 N–H and O–H groups in total. The van der Waals surface area contributed by atoms with Crippen LogP contribution in [0, 0.1) is 17.2 Å². The highest BCUT2D eigenvalue weighted by atomic mass is 35.5. The van der Waals surface area contributed by atoms with Crippen molar-refractivity contribution >= 4 is 23.5 Å². The molecular formula is C15H18ClFO4. The van der Waals surface area contributed by atoms with Crippen molar-refractivity contribution in [2.75, 3.05) is 6.61 Å². The van der Waals surface area contributed by atoms with Gasteiger partial charge >= 0.3 is 11.9 Å². The molecule has 21 heavy (non-hydrogen) atoms. The van der Waals surface area contributed by atoms with Gasteiger partial charge in [0.25, 0.3) is 0 Å². The number of hydrogen-bond donors (Lipinski definition) is 1. The lowest BCUT2D eigenvalue weighted by atomic mass is 9.72. The molecule has 0 saturated heterocycles. The van der Waals surface area contributed by atoms with E-state index in [1.807, 2.05) is 0 Å². The number of aliphatic carboxylic acids is 1. The molecule has 0 aliphatic rings. The summed E-state index contributed by atoms with van der Waals surface area (Å²) in [6, 6.07) is 4.29. The number of ether oxygens (including phenoxy) is 1. The topological polar surface area (TPSA) is 63.6 Å². The van der Waals surface area contributed by atoms with E-state index in [-0.39, 0.29) is 23.6 Å². The third-order valence-electron chi connectivity index (χ3n) is 3.51. The number of carbonyl (C=O) groups is 2. The van der Waals surface area contributed by atoms with Crippen LogP contribution in [0.25, 0.3) is 0 Å². The van der Waals surface area contributed by atoms with Crippen LogP contribution >= 0.6 is 11.6 Å². The van der Waals surface area contributed by atoms with E-state index in [0.29, 0.717) is 0 Å². The molecule has 0 saturated carbocycles. The summed E-state index contributed by atoms with van der Waals surface area (Å²) in [7, 11) is 0. The van der Waals surface area contributed by atoms with Crippen molar-refractivity contribution in [1.82, 2.24) is 0 Å². The fourth-order valence-corrected chi connectivity index (χ4v) is 2.36. The highest BCUT2D eigenvalue weighted by Crippen LogP contribution is 2.35. The van der Waals surface area contributed by atoms with E-state index in [1.165, 1.54) is 18.2 Å². The Morgan fingerprint density at radius 2 is 2.05 bits per heavy atom. The van der Waals surface area contributed by atoms with Crippen molar-refractivity contribution in [3.63, 3.8) is 0 Å². The van der Waals surface area contributed by atoms with E-state index in [1.54, 1.807) is 20.8 Å². The second-order valence-corrected chi connectivity index (χ2v) is 5.45. The maximum absolute atomic E-state index is 14.0. The monoisotopic (exact) mass is 316 g/mol. The lowest BCUT2D eigenvalue weighted by Gasteiger charge is -2.31. The molecule has 4 nitrogen and oxygen atoms in total. The van der Waals surface area contributed by atoms with Gasteiger partial charge in [0.1, 0.15) is 5.82 Å². The summed E-state index contributed by atoms with van der Waals surface area (Å²) < 4.78 is 18.9. The Bertz CT molecular complexity index is 544. The summed E-state index contributed by atoms with van der Waals surface area (Å²) in [6.07, 6.45) is -0.314. The molecule has 1 aromatic carbocycles. The Morgan fingerprint density at radius 3 is 2.52 bits per heavy atom. The molecule has 6 heteroatoms. The number of carbonyl (C=O) groups excluding carboxylic acids is 1. The minimum atomic E-state index is -1.85. The molecular weight excluding hydrogens is 299 g/mol. The highest BCUT2D eigenvalue weighted by Gasteiger charge is 2.51. The number of halogens is 2. The lowest BCUT2D eigenvalue weighted by molar-refractivity contribution is -0.172. The van der Waals surface area contributed by atoms with Crippen LogP contribution in [0.3, 0.4) is 0 Å². The largest absolute Gasteiger partial charge is 0.480 e. The van der Waals surface area contributed by atoms with E-state index in [9.17, 15) is 19.1 Å². The van der Waals surface area contributed by atoms with Crippen LogP contribution in [-0.2, 0) is 20.7 Å².